The second-order valence-electron chi connectivity index (χ2n) is 6.37. The predicted octanol–water partition coefficient (Wildman–Crippen LogP) is 4.41. The van der Waals surface area contributed by atoms with E-state index in [-0.39, 0.29) is 11.6 Å². The molecule has 2 N–H and O–H groups in total. The number of carbonyl (C=O) groups is 1. The molecule has 3 aromatic rings. The Balaban J connectivity index is 1.70. The van der Waals surface area contributed by atoms with Gasteiger partial charge in [-0.1, -0.05) is 17.7 Å². The molecule has 0 spiro atoms. The number of nitrogens with one attached hydrogen (secondary N) is 2. The van der Waals surface area contributed by atoms with Gasteiger partial charge in [0.25, 0.3) is 5.91 Å². The van der Waals surface area contributed by atoms with Crippen LogP contribution in [0.2, 0.25) is 0 Å². The molecule has 0 aliphatic heterocycles. The molecule has 1 heterocycles. The third-order valence-corrected chi connectivity index (χ3v) is 4.16. The molecule has 0 atom stereocenters. The first kappa shape index (κ1) is 18.4. The second-order valence-corrected chi connectivity index (χ2v) is 6.37. The largest absolute Gasteiger partial charge is 0.497 e. The molecule has 2 aromatic carbocycles. The monoisotopic (exact) mass is 362 g/mol. The summed E-state index contributed by atoms with van der Waals surface area (Å²) in [7, 11) is 1.60. The maximum absolute atomic E-state index is 12.3. The van der Waals surface area contributed by atoms with Crippen LogP contribution in [-0.4, -0.2) is 23.0 Å². The van der Waals surface area contributed by atoms with Crippen molar-refractivity contribution in [1.29, 1.82) is 0 Å². The van der Waals surface area contributed by atoms with Crippen LogP contribution >= 0.6 is 0 Å². The summed E-state index contributed by atoms with van der Waals surface area (Å²) < 4.78 is 5.10. The zero-order valence-electron chi connectivity index (χ0n) is 15.8. The fourth-order valence-corrected chi connectivity index (χ4v) is 2.88. The molecule has 0 aliphatic carbocycles. The van der Waals surface area contributed by atoms with Crippen molar-refractivity contribution < 1.29 is 9.53 Å². The molecule has 6 nitrogen and oxygen atoms in total. The Bertz CT molecular complexity index is 928. The third kappa shape index (κ3) is 4.41. The standard InChI is InChI=1S/C21H22N4O2/c1-13-9-14(2)20(15(3)10-13)25-19-12-22-18(11-23-19)21(26)24-16-5-7-17(27-4)8-6-16/h5-12H,1-4H3,(H,23,25)(H,24,26). The van der Waals surface area contributed by atoms with E-state index in [0.717, 1.165) is 22.6 Å². The smallest absolute Gasteiger partial charge is 0.275 e. The minimum absolute atomic E-state index is 0.244. The van der Waals surface area contributed by atoms with E-state index in [1.54, 1.807) is 37.6 Å². The number of hydrogen-bond acceptors (Lipinski definition) is 5. The van der Waals surface area contributed by atoms with E-state index in [9.17, 15) is 4.79 Å². The lowest BCUT2D eigenvalue weighted by atomic mass is 10.1. The first-order chi connectivity index (χ1) is 13.0. The first-order valence-corrected chi connectivity index (χ1v) is 8.58. The van der Waals surface area contributed by atoms with Crippen molar-refractivity contribution in [3.63, 3.8) is 0 Å². The zero-order valence-corrected chi connectivity index (χ0v) is 15.8. The van der Waals surface area contributed by atoms with E-state index < -0.39 is 0 Å². The van der Waals surface area contributed by atoms with Crippen LogP contribution in [0.25, 0.3) is 0 Å². The summed E-state index contributed by atoms with van der Waals surface area (Å²) in [5, 5.41) is 6.06. The van der Waals surface area contributed by atoms with Gasteiger partial charge in [0, 0.05) is 11.4 Å². The van der Waals surface area contributed by atoms with Gasteiger partial charge in [0.2, 0.25) is 0 Å². The van der Waals surface area contributed by atoms with Gasteiger partial charge in [-0.05, 0) is 56.2 Å². The summed E-state index contributed by atoms with van der Waals surface area (Å²) in [4.78, 5) is 20.9. The molecule has 0 saturated heterocycles. The minimum Gasteiger partial charge on any atom is -0.497 e. The Kier molecular flexibility index (Phi) is 5.35. The molecule has 0 aliphatic rings. The summed E-state index contributed by atoms with van der Waals surface area (Å²) in [5.41, 5.74) is 5.40. The summed E-state index contributed by atoms with van der Waals surface area (Å²) in [5.74, 6) is 0.998. The maximum Gasteiger partial charge on any atom is 0.275 e. The van der Waals surface area contributed by atoms with Crippen molar-refractivity contribution in [1.82, 2.24) is 9.97 Å². The lowest BCUT2D eigenvalue weighted by Crippen LogP contribution is -2.14. The van der Waals surface area contributed by atoms with Crippen LogP contribution < -0.4 is 15.4 Å². The second kappa shape index (κ2) is 7.86. The van der Waals surface area contributed by atoms with Gasteiger partial charge in [-0.2, -0.15) is 0 Å². The summed E-state index contributed by atoms with van der Waals surface area (Å²) >= 11 is 0. The summed E-state index contributed by atoms with van der Waals surface area (Å²) in [6, 6.07) is 11.3. The van der Waals surface area contributed by atoms with E-state index >= 15 is 0 Å². The number of carbonyl (C=O) groups excluding carboxylic acids is 1. The third-order valence-electron chi connectivity index (χ3n) is 4.16. The molecule has 0 saturated carbocycles. The zero-order chi connectivity index (χ0) is 19.4. The van der Waals surface area contributed by atoms with Crippen LogP contribution in [0.15, 0.2) is 48.8 Å². The number of nitrogens with zero attached hydrogens (tertiary/aromatic N) is 2. The van der Waals surface area contributed by atoms with Crippen molar-refractivity contribution in [3.8, 4) is 5.75 Å². The molecule has 3 rings (SSSR count). The molecular formula is C21H22N4O2. The van der Waals surface area contributed by atoms with E-state index in [1.165, 1.54) is 11.8 Å². The highest BCUT2D eigenvalue weighted by atomic mass is 16.5. The number of hydrogen-bond donors (Lipinski definition) is 2. The Morgan fingerprint density at radius 2 is 1.63 bits per heavy atom. The highest BCUT2D eigenvalue weighted by molar-refractivity contribution is 6.02. The van der Waals surface area contributed by atoms with Gasteiger partial charge in [-0.3, -0.25) is 4.79 Å². The molecule has 0 unspecified atom stereocenters. The Labute approximate surface area is 158 Å². The Morgan fingerprint density at radius 1 is 0.963 bits per heavy atom. The van der Waals surface area contributed by atoms with E-state index in [4.69, 9.17) is 4.74 Å². The van der Waals surface area contributed by atoms with Crippen LogP contribution in [0, 0.1) is 20.8 Å². The fourth-order valence-electron chi connectivity index (χ4n) is 2.88. The van der Waals surface area contributed by atoms with Crippen LogP contribution in [0.5, 0.6) is 5.75 Å². The predicted molar refractivity (Wildman–Crippen MR) is 107 cm³/mol. The van der Waals surface area contributed by atoms with Crippen LogP contribution in [0.3, 0.4) is 0 Å². The number of benzene rings is 2. The first-order valence-electron chi connectivity index (χ1n) is 8.58. The molecule has 6 heteroatoms. The van der Waals surface area contributed by atoms with Gasteiger partial charge < -0.3 is 15.4 Å². The number of methoxy groups -OCH3 is 1. The molecule has 1 amide bonds. The molecule has 0 bridgehead atoms. The number of rotatable bonds is 5. The Hall–Kier alpha value is -3.41. The van der Waals surface area contributed by atoms with Crippen molar-refractivity contribution in [2.75, 3.05) is 17.7 Å². The van der Waals surface area contributed by atoms with E-state index in [0.29, 0.717) is 11.5 Å². The lowest BCUT2D eigenvalue weighted by molar-refractivity contribution is 0.102. The SMILES string of the molecule is COc1ccc(NC(=O)c2cnc(Nc3c(C)cc(C)cc3C)cn2)cc1. The lowest BCUT2D eigenvalue weighted by Gasteiger charge is -2.13. The maximum atomic E-state index is 12.3. The molecule has 138 valence electrons. The summed E-state index contributed by atoms with van der Waals surface area (Å²) in [6.45, 7) is 6.17. The van der Waals surface area contributed by atoms with Gasteiger partial charge in [-0.25, -0.2) is 9.97 Å². The number of ether oxygens (including phenoxy) is 1. The molecule has 0 radical (unpaired) electrons. The Morgan fingerprint density at radius 3 is 2.19 bits per heavy atom. The number of amides is 1. The van der Waals surface area contributed by atoms with Gasteiger partial charge in [0.1, 0.15) is 17.3 Å². The minimum atomic E-state index is -0.318. The number of aryl methyl sites for hydroxylation is 3. The quantitative estimate of drug-likeness (QED) is 0.703. The van der Waals surface area contributed by atoms with Gasteiger partial charge in [0.15, 0.2) is 0 Å². The normalized spacial score (nSPS) is 10.4. The van der Waals surface area contributed by atoms with Crippen molar-refractivity contribution in [2.24, 2.45) is 0 Å². The highest BCUT2D eigenvalue weighted by Gasteiger charge is 2.10. The van der Waals surface area contributed by atoms with Crippen molar-refractivity contribution in [2.45, 2.75) is 20.8 Å². The topological polar surface area (TPSA) is 76.1 Å². The average Bonchev–Trinajstić information content (AvgIpc) is 2.65. The molecule has 1 aromatic heterocycles. The van der Waals surface area contributed by atoms with Crippen molar-refractivity contribution in [3.05, 3.63) is 71.2 Å². The molecule has 27 heavy (non-hydrogen) atoms. The molecular weight excluding hydrogens is 340 g/mol. The summed E-state index contributed by atoms with van der Waals surface area (Å²) in [6.07, 6.45) is 3.02. The van der Waals surface area contributed by atoms with Crippen LogP contribution in [0.1, 0.15) is 27.2 Å². The van der Waals surface area contributed by atoms with Gasteiger partial charge in [0.05, 0.1) is 19.5 Å². The van der Waals surface area contributed by atoms with E-state index in [1.807, 2.05) is 13.8 Å². The highest BCUT2D eigenvalue weighted by Crippen LogP contribution is 2.24. The van der Waals surface area contributed by atoms with Gasteiger partial charge in [-0.15, -0.1) is 0 Å². The average molecular weight is 362 g/mol. The molecule has 0 fully saturated rings. The fraction of sp³-hybridized carbons (Fsp3) is 0.190. The van der Waals surface area contributed by atoms with Crippen LogP contribution in [-0.2, 0) is 0 Å². The van der Waals surface area contributed by atoms with Gasteiger partial charge >= 0.3 is 0 Å². The van der Waals surface area contributed by atoms with Crippen LogP contribution in [0.4, 0.5) is 17.2 Å². The van der Waals surface area contributed by atoms with E-state index in [2.05, 4.69) is 39.7 Å². The van der Waals surface area contributed by atoms with Crippen molar-refractivity contribution >= 4 is 23.1 Å². The number of aromatic nitrogens is 2. The number of anilines is 3.